The van der Waals surface area contributed by atoms with Crippen LogP contribution in [0.25, 0.3) is 5.69 Å². The lowest BCUT2D eigenvalue weighted by atomic mass is 9.86. The second-order valence-electron chi connectivity index (χ2n) is 5.38. The Balaban J connectivity index is 1.63. The molecule has 1 N–H and O–H groups in total. The number of nitrogens with zero attached hydrogens (tertiary/aromatic N) is 3. The fraction of sp³-hybridized carbons (Fsp3) is 0.467. The lowest BCUT2D eigenvalue weighted by Gasteiger charge is -2.30. The average Bonchev–Trinajstić information content (AvgIpc) is 2.96. The fourth-order valence-electron chi connectivity index (χ4n) is 2.57. The first-order valence-electron chi connectivity index (χ1n) is 7.07. The van der Waals surface area contributed by atoms with Gasteiger partial charge in [0.2, 0.25) is 0 Å². The Morgan fingerprint density at radius 3 is 2.65 bits per heavy atom. The first-order valence-corrected chi connectivity index (χ1v) is 7.07. The highest BCUT2D eigenvalue weighted by atomic mass is 16.5. The predicted octanol–water partition coefficient (Wildman–Crippen LogP) is 2.34. The molecule has 3 rings (SSSR count). The number of ether oxygens (including phenoxy) is 1. The molecule has 1 fully saturated rings. The zero-order valence-corrected chi connectivity index (χ0v) is 11.4. The molecule has 1 aromatic carbocycles. The Hall–Kier alpha value is -1.88. The third-order valence-corrected chi connectivity index (χ3v) is 3.75. The van der Waals surface area contributed by atoms with Crippen LogP contribution in [0.2, 0.25) is 0 Å². The maximum atomic E-state index is 10.4. The minimum atomic E-state index is -0.712. The molecule has 1 aromatic heterocycles. The number of benzene rings is 1. The summed E-state index contributed by atoms with van der Waals surface area (Å²) in [6.45, 7) is 0.270. The molecule has 0 spiro atoms. The van der Waals surface area contributed by atoms with Crippen LogP contribution in [0, 0.1) is 0 Å². The van der Waals surface area contributed by atoms with Crippen LogP contribution in [0.5, 0.6) is 6.01 Å². The van der Waals surface area contributed by atoms with Gasteiger partial charge >= 0.3 is 6.01 Å². The van der Waals surface area contributed by atoms with Crippen LogP contribution in [0.1, 0.15) is 32.1 Å². The summed E-state index contributed by atoms with van der Waals surface area (Å²) < 4.78 is 7.22. The van der Waals surface area contributed by atoms with E-state index in [0.717, 1.165) is 31.4 Å². The maximum absolute atomic E-state index is 10.4. The van der Waals surface area contributed by atoms with Gasteiger partial charge in [0, 0.05) is 0 Å². The van der Waals surface area contributed by atoms with Gasteiger partial charge in [-0.25, -0.2) is 4.68 Å². The molecule has 106 valence electrons. The van der Waals surface area contributed by atoms with E-state index in [1.807, 2.05) is 30.3 Å². The highest BCUT2D eigenvalue weighted by molar-refractivity contribution is 5.29. The topological polar surface area (TPSA) is 60.2 Å². The maximum Gasteiger partial charge on any atom is 0.335 e. The Morgan fingerprint density at radius 2 is 1.90 bits per heavy atom. The Kier molecular flexibility index (Phi) is 3.69. The van der Waals surface area contributed by atoms with Gasteiger partial charge in [-0.15, -0.1) is 5.10 Å². The average molecular weight is 273 g/mol. The number of aliphatic hydroxyl groups is 1. The molecule has 1 aliphatic carbocycles. The van der Waals surface area contributed by atoms with Crippen LogP contribution in [0.4, 0.5) is 0 Å². The van der Waals surface area contributed by atoms with Crippen LogP contribution in [-0.4, -0.2) is 32.1 Å². The van der Waals surface area contributed by atoms with Gasteiger partial charge in [-0.3, -0.25) is 0 Å². The van der Waals surface area contributed by atoms with Crippen LogP contribution >= 0.6 is 0 Å². The van der Waals surface area contributed by atoms with E-state index < -0.39 is 5.60 Å². The quantitative estimate of drug-likeness (QED) is 0.929. The molecule has 5 heteroatoms. The number of para-hydroxylation sites is 1. The van der Waals surface area contributed by atoms with E-state index in [1.54, 1.807) is 11.0 Å². The van der Waals surface area contributed by atoms with E-state index >= 15 is 0 Å². The van der Waals surface area contributed by atoms with Crippen molar-refractivity contribution in [2.24, 2.45) is 0 Å². The van der Waals surface area contributed by atoms with Crippen molar-refractivity contribution >= 4 is 0 Å². The Bertz CT molecular complexity index is 547. The van der Waals surface area contributed by atoms with Crippen LogP contribution in [0.3, 0.4) is 0 Å². The summed E-state index contributed by atoms with van der Waals surface area (Å²) in [5.74, 6) is 0. The summed E-state index contributed by atoms with van der Waals surface area (Å²) in [5, 5.41) is 14.6. The van der Waals surface area contributed by atoms with Crippen molar-refractivity contribution in [2.75, 3.05) is 6.61 Å². The number of aromatic nitrogens is 3. The van der Waals surface area contributed by atoms with Crippen molar-refractivity contribution in [3.63, 3.8) is 0 Å². The molecule has 0 amide bonds. The highest BCUT2D eigenvalue weighted by Gasteiger charge is 2.30. The van der Waals surface area contributed by atoms with Gasteiger partial charge in [-0.2, -0.15) is 4.98 Å². The van der Waals surface area contributed by atoms with Crippen molar-refractivity contribution < 1.29 is 9.84 Å². The smallest absolute Gasteiger partial charge is 0.335 e. The molecular weight excluding hydrogens is 254 g/mol. The summed E-state index contributed by atoms with van der Waals surface area (Å²) in [7, 11) is 0. The van der Waals surface area contributed by atoms with E-state index in [-0.39, 0.29) is 6.61 Å². The summed E-state index contributed by atoms with van der Waals surface area (Å²) >= 11 is 0. The normalized spacial score (nSPS) is 17.9. The summed E-state index contributed by atoms with van der Waals surface area (Å²) in [5.41, 5.74) is 0.224. The molecule has 0 bridgehead atoms. The van der Waals surface area contributed by atoms with Gasteiger partial charge in [-0.1, -0.05) is 37.5 Å². The lowest BCUT2D eigenvalue weighted by molar-refractivity contribution is -0.0361. The lowest BCUT2D eigenvalue weighted by Crippen LogP contribution is -2.38. The first-order chi connectivity index (χ1) is 9.75. The molecule has 1 heterocycles. The number of rotatable bonds is 4. The highest BCUT2D eigenvalue weighted by Crippen LogP contribution is 2.28. The minimum absolute atomic E-state index is 0.270. The minimum Gasteiger partial charge on any atom is -0.459 e. The molecule has 1 aliphatic rings. The SMILES string of the molecule is OC1(COc2ncn(-c3ccccc3)n2)CCCCC1. The molecule has 0 unspecified atom stereocenters. The zero-order chi connectivity index (χ0) is 13.8. The monoisotopic (exact) mass is 273 g/mol. The molecule has 0 radical (unpaired) electrons. The molecule has 1 saturated carbocycles. The van der Waals surface area contributed by atoms with Gasteiger partial charge < -0.3 is 9.84 Å². The van der Waals surface area contributed by atoms with E-state index in [0.29, 0.717) is 6.01 Å². The molecule has 5 nitrogen and oxygen atoms in total. The van der Waals surface area contributed by atoms with Crippen LogP contribution in [-0.2, 0) is 0 Å². The second-order valence-corrected chi connectivity index (χ2v) is 5.38. The largest absolute Gasteiger partial charge is 0.459 e. The fourth-order valence-corrected chi connectivity index (χ4v) is 2.57. The van der Waals surface area contributed by atoms with Crippen molar-refractivity contribution in [1.82, 2.24) is 14.8 Å². The van der Waals surface area contributed by atoms with Crippen molar-refractivity contribution in [3.05, 3.63) is 36.7 Å². The molecule has 2 aromatic rings. The summed E-state index contributed by atoms with van der Waals surface area (Å²) in [6.07, 6.45) is 6.54. The third-order valence-electron chi connectivity index (χ3n) is 3.75. The van der Waals surface area contributed by atoms with E-state index in [9.17, 15) is 5.11 Å². The third kappa shape index (κ3) is 2.99. The van der Waals surface area contributed by atoms with Gasteiger partial charge in [-0.05, 0) is 25.0 Å². The summed E-state index contributed by atoms with van der Waals surface area (Å²) in [4.78, 5) is 4.13. The Labute approximate surface area is 118 Å². The van der Waals surface area contributed by atoms with E-state index in [2.05, 4.69) is 10.1 Å². The number of hydrogen-bond acceptors (Lipinski definition) is 4. The van der Waals surface area contributed by atoms with Crippen LogP contribution < -0.4 is 4.74 Å². The molecule has 0 saturated heterocycles. The van der Waals surface area contributed by atoms with E-state index in [4.69, 9.17) is 4.74 Å². The van der Waals surface area contributed by atoms with Gasteiger partial charge in [0.05, 0.1) is 11.3 Å². The molecule has 0 atom stereocenters. The van der Waals surface area contributed by atoms with Gasteiger partial charge in [0.15, 0.2) is 0 Å². The van der Waals surface area contributed by atoms with Crippen molar-refractivity contribution in [3.8, 4) is 11.7 Å². The standard InChI is InChI=1S/C15H19N3O2/c19-15(9-5-2-6-10-15)11-20-14-16-12-18(17-14)13-7-3-1-4-8-13/h1,3-4,7-8,12,19H,2,5-6,9-11H2. The Morgan fingerprint density at radius 1 is 1.15 bits per heavy atom. The summed E-state index contributed by atoms with van der Waals surface area (Å²) in [6, 6.07) is 10.1. The van der Waals surface area contributed by atoms with Crippen molar-refractivity contribution in [2.45, 2.75) is 37.7 Å². The molecule has 0 aliphatic heterocycles. The van der Waals surface area contributed by atoms with Crippen LogP contribution in [0.15, 0.2) is 36.7 Å². The molecule has 20 heavy (non-hydrogen) atoms. The molecular formula is C15H19N3O2. The zero-order valence-electron chi connectivity index (χ0n) is 11.4. The number of hydrogen-bond donors (Lipinski definition) is 1. The second kappa shape index (κ2) is 5.63. The first kappa shape index (κ1) is 13.1. The predicted molar refractivity (Wildman–Crippen MR) is 74.9 cm³/mol. The van der Waals surface area contributed by atoms with Crippen molar-refractivity contribution in [1.29, 1.82) is 0 Å². The van der Waals surface area contributed by atoms with Gasteiger partial charge in [0.1, 0.15) is 12.9 Å². The van der Waals surface area contributed by atoms with E-state index in [1.165, 1.54) is 6.42 Å². The van der Waals surface area contributed by atoms with Gasteiger partial charge in [0.25, 0.3) is 0 Å².